The minimum atomic E-state index is 1.00. The van der Waals surface area contributed by atoms with Crippen LogP contribution in [0.5, 0.6) is 0 Å². The van der Waals surface area contributed by atoms with Crippen molar-refractivity contribution in [3.8, 4) is 0 Å². The quantitative estimate of drug-likeness (QED) is 0.711. The SMILES string of the molecule is c1ccc(CNC[C]2CC2)cc1. The van der Waals surface area contributed by atoms with E-state index in [2.05, 4.69) is 35.6 Å². The van der Waals surface area contributed by atoms with Gasteiger partial charge in [-0.1, -0.05) is 30.3 Å². The van der Waals surface area contributed by atoms with Crippen molar-refractivity contribution in [1.29, 1.82) is 0 Å². The van der Waals surface area contributed by atoms with Crippen LogP contribution in [-0.4, -0.2) is 6.54 Å². The van der Waals surface area contributed by atoms with E-state index in [0.717, 1.165) is 13.1 Å². The van der Waals surface area contributed by atoms with Crippen molar-refractivity contribution in [2.75, 3.05) is 6.54 Å². The van der Waals surface area contributed by atoms with Crippen LogP contribution in [0.3, 0.4) is 0 Å². The van der Waals surface area contributed by atoms with Gasteiger partial charge in [-0.3, -0.25) is 0 Å². The van der Waals surface area contributed by atoms with E-state index in [-0.39, 0.29) is 0 Å². The third kappa shape index (κ3) is 2.35. The molecule has 0 bridgehead atoms. The minimum absolute atomic E-state index is 1.00. The standard InChI is InChI=1S/C11H14N/c1-2-4-10(5-3-1)8-12-9-11-6-7-11/h1-5,12H,6-9H2. The molecule has 0 atom stereocenters. The fraction of sp³-hybridized carbons (Fsp3) is 0.364. The Bertz CT molecular complexity index is 226. The smallest absolute Gasteiger partial charge is 0.0205 e. The molecule has 1 aromatic rings. The van der Waals surface area contributed by atoms with Gasteiger partial charge in [0.15, 0.2) is 0 Å². The summed E-state index contributed by atoms with van der Waals surface area (Å²) in [5, 5.41) is 3.43. The lowest BCUT2D eigenvalue weighted by atomic mass is 10.2. The Morgan fingerprint density at radius 3 is 2.42 bits per heavy atom. The van der Waals surface area contributed by atoms with Crippen molar-refractivity contribution in [2.24, 2.45) is 0 Å². The van der Waals surface area contributed by atoms with Gasteiger partial charge >= 0.3 is 0 Å². The van der Waals surface area contributed by atoms with Gasteiger partial charge in [0.2, 0.25) is 0 Å². The van der Waals surface area contributed by atoms with Crippen LogP contribution in [0.25, 0.3) is 0 Å². The summed E-state index contributed by atoms with van der Waals surface area (Å²) < 4.78 is 0. The number of rotatable bonds is 4. The van der Waals surface area contributed by atoms with Crippen LogP contribution in [0.2, 0.25) is 0 Å². The summed E-state index contributed by atoms with van der Waals surface area (Å²) in [4.78, 5) is 0. The Balaban J connectivity index is 1.72. The number of hydrogen-bond acceptors (Lipinski definition) is 1. The molecule has 0 saturated heterocycles. The maximum Gasteiger partial charge on any atom is 0.0205 e. The highest BCUT2D eigenvalue weighted by molar-refractivity contribution is 5.15. The molecule has 1 aliphatic carbocycles. The fourth-order valence-electron chi connectivity index (χ4n) is 1.24. The second-order valence-corrected chi connectivity index (χ2v) is 3.34. The first-order valence-electron chi connectivity index (χ1n) is 4.53. The van der Waals surface area contributed by atoms with Crippen molar-refractivity contribution in [2.45, 2.75) is 19.4 Å². The second kappa shape index (κ2) is 3.72. The highest BCUT2D eigenvalue weighted by Crippen LogP contribution is 2.30. The zero-order valence-electron chi connectivity index (χ0n) is 7.22. The van der Waals surface area contributed by atoms with Crippen LogP contribution in [-0.2, 0) is 6.54 Å². The third-order valence-corrected chi connectivity index (χ3v) is 2.15. The van der Waals surface area contributed by atoms with Crippen molar-refractivity contribution in [3.05, 3.63) is 41.8 Å². The van der Waals surface area contributed by atoms with E-state index in [1.807, 2.05) is 0 Å². The molecule has 1 heteroatoms. The molecule has 0 aromatic heterocycles. The molecule has 12 heavy (non-hydrogen) atoms. The van der Waals surface area contributed by atoms with Gasteiger partial charge in [0.25, 0.3) is 0 Å². The molecule has 63 valence electrons. The van der Waals surface area contributed by atoms with E-state index < -0.39 is 0 Å². The summed E-state index contributed by atoms with van der Waals surface area (Å²) in [7, 11) is 0. The number of nitrogens with one attached hydrogen (secondary N) is 1. The van der Waals surface area contributed by atoms with Crippen molar-refractivity contribution in [1.82, 2.24) is 5.32 Å². The summed E-state index contributed by atoms with van der Waals surface area (Å²) in [6.45, 7) is 2.12. The molecule has 1 radical (unpaired) electrons. The Hall–Kier alpha value is -0.820. The third-order valence-electron chi connectivity index (χ3n) is 2.15. The monoisotopic (exact) mass is 160 g/mol. The minimum Gasteiger partial charge on any atom is -0.312 e. The number of benzene rings is 1. The van der Waals surface area contributed by atoms with E-state index in [9.17, 15) is 0 Å². The van der Waals surface area contributed by atoms with E-state index in [4.69, 9.17) is 0 Å². The van der Waals surface area contributed by atoms with Gasteiger partial charge in [0.05, 0.1) is 0 Å². The van der Waals surface area contributed by atoms with Crippen molar-refractivity contribution < 1.29 is 0 Å². The van der Waals surface area contributed by atoms with Gasteiger partial charge in [-0.2, -0.15) is 0 Å². The average Bonchev–Trinajstić information content (AvgIpc) is 2.90. The zero-order chi connectivity index (χ0) is 8.23. The van der Waals surface area contributed by atoms with Crippen LogP contribution in [0.15, 0.2) is 30.3 Å². The van der Waals surface area contributed by atoms with Crippen molar-refractivity contribution >= 4 is 0 Å². The predicted octanol–water partition coefficient (Wildman–Crippen LogP) is 2.14. The maximum atomic E-state index is 3.43. The van der Waals surface area contributed by atoms with E-state index in [1.54, 1.807) is 5.92 Å². The molecule has 0 unspecified atom stereocenters. The Morgan fingerprint density at radius 2 is 1.75 bits per heavy atom. The molecule has 1 aromatic carbocycles. The lowest BCUT2D eigenvalue weighted by molar-refractivity contribution is 0.728. The molecule has 1 saturated carbocycles. The first-order valence-corrected chi connectivity index (χ1v) is 4.53. The van der Waals surface area contributed by atoms with Gasteiger partial charge < -0.3 is 5.32 Å². The van der Waals surface area contributed by atoms with Gasteiger partial charge in [-0.05, 0) is 24.3 Å². The predicted molar refractivity (Wildman–Crippen MR) is 50.6 cm³/mol. The van der Waals surface area contributed by atoms with Gasteiger partial charge in [0, 0.05) is 13.1 Å². The second-order valence-electron chi connectivity index (χ2n) is 3.34. The lowest BCUT2D eigenvalue weighted by Crippen LogP contribution is -2.15. The molecule has 1 N–H and O–H groups in total. The van der Waals surface area contributed by atoms with E-state index >= 15 is 0 Å². The Morgan fingerprint density at radius 1 is 1.00 bits per heavy atom. The number of hydrogen-bond donors (Lipinski definition) is 1. The molecule has 0 heterocycles. The van der Waals surface area contributed by atoms with Crippen LogP contribution >= 0.6 is 0 Å². The topological polar surface area (TPSA) is 12.0 Å². The van der Waals surface area contributed by atoms with Gasteiger partial charge in [-0.15, -0.1) is 0 Å². The molecule has 1 nitrogen and oxygen atoms in total. The zero-order valence-corrected chi connectivity index (χ0v) is 7.22. The summed E-state index contributed by atoms with van der Waals surface area (Å²) in [6.07, 6.45) is 2.70. The summed E-state index contributed by atoms with van der Waals surface area (Å²) in [5.74, 6) is 1.67. The van der Waals surface area contributed by atoms with Crippen LogP contribution in [0, 0.1) is 5.92 Å². The highest BCUT2D eigenvalue weighted by atomic mass is 14.9. The highest BCUT2D eigenvalue weighted by Gasteiger charge is 2.20. The average molecular weight is 160 g/mol. The van der Waals surface area contributed by atoms with E-state index in [0.29, 0.717) is 0 Å². The molecule has 2 rings (SSSR count). The molecule has 0 spiro atoms. The molecule has 0 aliphatic heterocycles. The summed E-state index contributed by atoms with van der Waals surface area (Å²) in [6, 6.07) is 10.5. The Labute approximate surface area is 73.8 Å². The van der Waals surface area contributed by atoms with Crippen LogP contribution in [0.1, 0.15) is 18.4 Å². The molecular formula is C11H14N. The first kappa shape index (κ1) is 7.81. The molecular weight excluding hydrogens is 146 g/mol. The van der Waals surface area contributed by atoms with Crippen LogP contribution in [0.4, 0.5) is 0 Å². The lowest BCUT2D eigenvalue weighted by Gasteiger charge is -2.02. The fourth-order valence-corrected chi connectivity index (χ4v) is 1.24. The molecule has 1 aliphatic rings. The van der Waals surface area contributed by atoms with Gasteiger partial charge in [-0.25, -0.2) is 0 Å². The maximum absolute atomic E-state index is 3.43. The molecule has 0 amide bonds. The molecule has 1 fully saturated rings. The normalized spacial score (nSPS) is 16.3. The first-order chi connectivity index (χ1) is 5.95. The Kier molecular flexibility index (Phi) is 2.42. The summed E-state index contributed by atoms with van der Waals surface area (Å²) >= 11 is 0. The largest absolute Gasteiger partial charge is 0.312 e. The summed E-state index contributed by atoms with van der Waals surface area (Å²) in [5.41, 5.74) is 1.37. The van der Waals surface area contributed by atoms with Crippen LogP contribution < -0.4 is 5.32 Å². The van der Waals surface area contributed by atoms with Crippen molar-refractivity contribution in [3.63, 3.8) is 0 Å². The van der Waals surface area contributed by atoms with E-state index in [1.165, 1.54) is 18.4 Å². The van der Waals surface area contributed by atoms with Gasteiger partial charge in [0.1, 0.15) is 0 Å².